The van der Waals surface area contributed by atoms with Crippen LogP contribution in [0.25, 0.3) is 55.7 Å². The predicted octanol–water partition coefficient (Wildman–Crippen LogP) is 6.62. The van der Waals surface area contributed by atoms with Crippen molar-refractivity contribution in [1.29, 1.82) is 0 Å². The highest BCUT2D eigenvalue weighted by atomic mass is 19.1. The van der Waals surface area contributed by atoms with Crippen molar-refractivity contribution in [3.8, 4) is 33.8 Å². The Hall–Kier alpha value is -5.70. The molecule has 1 amide bonds. The summed E-state index contributed by atoms with van der Waals surface area (Å²) < 4.78 is 14.6. The second-order valence-corrected chi connectivity index (χ2v) is 9.26. The first-order chi connectivity index (χ1) is 19.6. The van der Waals surface area contributed by atoms with Crippen molar-refractivity contribution in [1.82, 2.24) is 30.1 Å². The Morgan fingerprint density at radius 1 is 0.800 bits per heavy atom. The van der Waals surface area contributed by atoms with Crippen LogP contribution in [0.2, 0.25) is 0 Å². The number of halogens is 1. The van der Waals surface area contributed by atoms with Gasteiger partial charge in [-0.15, -0.1) is 0 Å². The Labute approximate surface area is 227 Å². The molecule has 0 unspecified atom stereocenters. The topological polar surface area (TPSA) is 112 Å². The highest BCUT2D eigenvalue weighted by Crippen LogP contribution is 2.34. The first kappa shape index (κ1) is 23.4. The van der Waals surface area contributed by atoms with Gasteiger partial charge in [0.25, 0.3) is 5.91 Å². The van der Waals surface area contributed by atoms with Crippen molar-refractivity contribution in [3.63, 3.8) is 0 Å². The lowest BCUT2D eigenvalue weighted by Gasteiger charge is -2.07. The van der Waals surface area contributed by atoms with Crippen LogP contribution in [0, 0.1) is 5.82 Å². The molecule has 7 aromatic rings. The molecule has 0 spiro atoms. The van der Waals surface area contributed by atoms with E-state index >= 15 is 0 Å². The van der Waals surface area contributed by atoms with Crippen LogP contribution in [-0.2, 0) is 0 Å². The number of nitrogens with one attached hydrogen (secondary N) is 3. The van der Waals surface area contributed by atoms with E-state index in [0.29, 0.717) is 33.8 Å². The molecule has 0 aliphatic rings. The monoisotopic (exact) mass is 525 g/mol. The average Bonchev–Trinajstić information content (AvgIpc) is 3.62. The van der Waals surface area contributed by atoms with Crippen LogP contribution < -0.4 is 5.32 Å². The summed E-state index contributed by atoms with van der Waals surface area (Å²) in [5.74, 6) is -0.548. The van der Waals surface area contributed by atoms with Crippen molar-refractivity contribution in [2.24, 2.45) is 0 Å². The zero-order chi connectivity index (χ0) is 27.1. The van der Waals surface area contributed by atoms with E-state index in [1.807, 2.05) is 42.5 Å². The molecule has 0 aliphatic carbocycles. The van der Waals surface area contributed by atoms with Crippen LogP contribution in [-0.4, -0.2) is 36.0 Å². The Balaban J connectivity index is 1.26. The van der Waals surface area contributed by atoms with Crippen LogP contribution in [0.4, 0.5) is 10.1 Å². The number of pyridine rings is 3. The zero-order valence-electron chi connectivity index (χ0n) is 20.9. The van der Waals surface area contributed by atoms with Gasteiger partial charge in [0.2, 0.25) is 0 Å². The van der Waals surface area contributed by atoms with Crippen LogP contribution in [0.1, 0.15) is 10.4 Å². The lowest BCUT2D eigenvalue weighted by Crippen LogP contribution is -2.11. The van der Waals surface area contributed by atoms with Gasteiger partial charge in [0.1, 0.15) is 11.5 Å². The third kappa shape index (κ3) is 4.15. The second kappa shape index (κ2) is 9.55. The molecule has 7 rings (SSSR count). The van der Waals surface area contributed by atoms with Crippen LogP contribution in [0.15, 0.2) is 104 Å². The number of benzene rings is 2. The van der Waals surface area contributed by atoms with Crippen molar-refractivity contribution in [2.45, 2.75) is 0 Å². The van der Waals surface area contributed by atoms with E-state index < -0.39 is 0 Å². The van der Waals surface area contributed by atoms with Crippen LogP contribution in [0.5, 0.6) is 0 Å². The number of rotatable bonds is 5. The predicted molar refractivity (Wildman–Crippen MR) is 152 cm³/mol. The molecule has 0 fully saturated rings. The summed E-state index contributed by atoms with van der Waals surface area (Å²) >= 11 is 0. The summed E-state index contributed by atoms with van der Waals surface area (Å²) in [4.78, 5) is 29.4. The van der Waals surface area contributed by atoms with Crippen LogP contribution in [0.3, 0.4) is 0 Å². The molecule has 0 aliphatic heterocycles. The Morgan fingerprint density at radius 2 is 1.62 bits per heavy atom. The normalized spacial score (nSPS) is 11.2. The number of H-pyrrole nitrogens is 2. The highest BCUT2D eigenvalue weighted by molar-refractivity contribution is 6.04. The van der Waals surface area contributed by atoms with Crippen LogP contribution >= 0.6 is 0 Å². The smallest absolute Gasteiger partial charge is 0.255 e. The van der Waals surface area contributed by atoms with Gasteiger partial charge in [-0.2, -0.15) is 5.10 Å². The minimum atomic E-state index is -0.333. The molecule has 8 nitrogen and oxygen atoms in total. The van der Waals surface area contributed by atoms with Crippen molar-refractivity contribution in [3.05, 3.63) is 115 Å². The quantitative estimate of drug-likeness (QED) is 0.234. The average molecular weight is 526 g/mol. The van der Waals surface area contributed by atoms with Gasteiger partial charge in [-0.25, -0.2) is 9.37 Å². The third-order valence-electron chi connectivity index (χ3n) is 6.71. The largest absolute Gasteiger partial charge is 0.353 e. The molecule has 5 aromatic heterocycles. The van der Waals surface area contributed by atoms with Gasteiger partial charge in [0.15, 0.2) is 5.65 Å². The number of hydrogen-bond donors (Lipinski definition) is 3. The summed E-state index contributed by atoms with van der Waals surface area (Å²) in [6.07, 6.45) is 6.71. The minimum Gasteiger partial charge on any atom is -0.353 e. The summed E-state index contributed by atoms with van der Waals surface area (Å²) in [5.41, 5.74) is 6.56. The van der Waals surface area contributed by atoms with Crippen molar-refractivity contribution >= 4 is 33.5 Å². The Morgan fingerprint density at radius 3 is 2.50 bits per heavy atom. The summed E-state index contributed by atoms with van der Waals surface area (Å²) in [5, 5.41) is 12.0. The molecule has 9 heteroatoms. The van der Waals surface area contributed by atoms with Gasteiger partial charge >= 0.3 is 0 Å². The molecule has 0 saturated carbocycles. The molecule has 40 heavy (non-hydrogen) atoms. The number of fused-ring (bicyclic) bond motifs is 2. The van der Waals surface area contributed by atoms with E-state index in [0.717, 1.165) is 33.1 Å². The SMILES string of the molecule is O=C(Nc1cncc(-c2cnc3[nH]nc(-c4cc5c(-c6ccccc6F)nccc5[nH]4)c3c2)c1)c1ccccc1. The Kier molecular flexibility index (Phi) is 5.59. The minimum absolute atomic E-state index is 0.215. The fraction of sp³-hybridized carbons (Fsp3) is 0. The number of aromatic amines is 2. The van der Waals surface area contributed by atoms with E-state index in [-0.39, 0.29) is 11.7 Å². The summed E-state index contributed by atoms with van der Waals surface area (Å²) in [6.45, 7) is 0. The summed E-state index contributed by atoms with van der Waals surface area (Å²) in [7, 11) is 0. The maximum Gasteiger partial charge on any atom is 0.255 e. The fourth-order valence-corrected chi connectivity index (χ4v) is 4.77. The lowest BCUT2D eigenvalue weighted by molar-refractivity contribution is 0.102. The molecule has 192 valence electrons. The Bertz CT molecular complexity index is 2030. The van der Waals surface area contributed by atoms with Gasteiger partial charge in [-0.05, 0) is 48.5 Å². The van der Waals surface area contributed by atoms with Crippen molar-refractivity contribution < 1.29 is 9.18 Å². The molecule has 0 bridgehead atoms. The maximum absolute atomic E-state index is 14.6. The van der Waals surface area contributed by atoms with E-state index in [4.69, 9.17) is 0 Å². The molecule has 2 aromatic carbocycles. The number of hydrogen-bond acceptors (Lipinski definition) is 5. The number of amides is 1. The highest BCUT2D eigenvalue weighted by Gasteiger charge is 2.17. The van der Waals surface area contributed by atoms with Gasteiger partial charge in [-0.1, -0.05) is 30.3 Å². The summed E-state index contributed by atoms with van der Waals surface area (Å²) in [6, 6.07) is 23.2. The molecule has 0 radical (unpaired) electrons. The number of anilines is 1. The molecular formula is C31H20FN7O. The number of carbonyl (C=O) groups is 1. The maximum atomic E-state index is 14.6. The number of carbonyl (C=O) groups excluding carboxylic acids is 1. The first-order valence-corrected chi connectivity index (χ1v) is 12.5. The zero-order valence-corrected chi connectivity index (χ0v) is 20.9. The van der Waals surface area contributed by atoms with Gasteiger partial charge in [0, 0.05) is 57.1 Å². The van der Waals surface area contributed by atoms with E-state index in [9.17, 15) is 9.18 Å². The van der Waals surface area contributed by atoms with Crippen molar-refractivity contribution in [2.75, 3.05) is 5.32 Å². The molecule has 3 N–H and O–H groups in total. The third-order valence-corrected chi connectivity index (χ3v) is 6.71. The van der Waals surface area contributed by atoms with E-state index in [1.165, 1.54) is 6.07 Å². The standard InChI is InChI=1S/C31H20FN7O/c32-25-9-5-4-8-22(25)28-23-14-27(37-26(23)10-11-34-28)29-24-13-20(16-35-30(24)39-38-29)19-12-21(17-33-15-19)36-31(40)18-6-2-1-3-7-18/h1-17,37H,(H,36,40)(H,35,38,39). The van der Waals surface area contributed by atoms with Gasteiger partial charge < -0.3 is 10.3 Å². The fourth-order valence-electron chi connectivity index (χ4n) is 4.77. The van der Waals surface area contributed by atoms with Gasteiger partial charge in [0.05, 0.1) is 23.3 Å². The second-order valence-electron chi connectivity index (χ2n) is 9.26. The number of aromatic nitrogens is 6. The molecule has 5 heterocycles. The first-order valence-electron chi connectivity index (χ1n) is 12.5. The molecule has 0 saturated heterocycles. The lowest BCUT2D eigenvalue weighted by atomic mass is 10.1. The molecule has 0 atom stereocenters. The van der Waals surface area contributed by atoms with Gasteiger partial charge in [-0.3, -0.25) is 19.9 Å². The van der Waals surface area contributed by atoms with E-state index in [1.54, 1.807) is 55.1 Å². The molecular weight excluding hydrogens is 505 g/mol. The number of nitrogens with zero attached hydrogens (tertiary/aromatic N) is 4. The van der Waals surface area contributed by atoms with E-state index in [2.05, 4.69) is 35.5 Å².